The molecule has 0 radical (unpaired) electrons. The highest BCUT2D eigenvalue weighted by atomic mass is 35.5. The molecule has 0 saturated heterocycles. The van der Waals surface area contributed by atoms with E-state index in [4.69, 9.17) is 11.6 Å². The van der Waals surface area contributed by atoms with Crippen molar-refractivity contribution in [3.05, 3.63) is 51.8 Å². The molecule has 4 nitrogen and oxygen atoms in total. The number of carbonyl (C=O) groups excluding carboxylic acids is 1. The summed E-state index contributed by atoms with van der Waals surface area (Å²) in [6, 6.07) is 7.71. The van der Waals surface area contributed by atoms with Crippen LogP contribution in [-0.4, -0.2) is 22.2 Å². The summed E-state index contributed by atoms with van der Waals surface area (Å²) in [5.74, 6) is 0.670. The Kier molecular flexibility index (Phi) is 4.71. The third-order valence-corrected chi connectivity index (χ3v) is 5.14. The van der Waals surface area contributed by atoms with Crippen molar-refractivity contribution in [1.29, 1.82) is 0 Å². The van der Waals surface area contributed by atoms with E-state index in [1.165, 1.54) is 19.3 Å². The van der Waals surface area contributed by atoms with Crippen molar-refractivity contribution in [1.82, 2.24) is 15.1 Å². The van der Waals surface area contributed by atoms with Crippen LogP contribution in [-0.2, 0) is 6.54 Å². The second-order valence-corrected chi connectivity index (χ2v) is 6.73. The molecule has 0 bridgehead atoms. The van der Waals surface area contributed by atoms with Crippen molar-refractivity contribution in [3.63, 3.8) is 0 Å². The number of carbonyl (C=O) groups is 1. The highest BCUT2D eigenvalue weighted by Gasteiger charge is 2.18. The predicted octanol–water partition coefficient (Wildman–Crippen LogP) is 3.73. The van der Waals surface area contributed by atoms with Crippen LogP contribution in [0.4, 0.5) is 0 Å². The summed E-state index contributed by atoms with van der Waals surface area (Å²) < 4.78 is 1.88. The van der Waals surface area contributed by atoms with Gasteiger partial charge in [-0.25, -0.2) is 0 Å². The smallest absolute Gasteiger partial charge is 0.251 e. The molecule has 1 aliphatic rings. The van der Waals surface area contributed by atoms with Crippen LogP contribution in [0.3, 0.4) is 0 Å². The first kappa shape index (κ1) is 16.1. The van der Waals surface area contributed by atoms with Crippen molar-refractivity contribution in [3.8, 4) is 0 Å². The zero-order valence-corrected chi connectivity index (χ0v) is 14.4. The van der Waals surface area contributed by atoms with Crippen molar-refractivity contribution in [2.75, 3.05) is 6.54 Å². The number of nitrogens with one attached hydrogen (secondary N) is 1. The number of hydrogen-bond acceptors (Lipinski definition) is 2. The van der Waals surface area contributed by atoms with Crippen LogP contribution in [0.25, 0.3) is 0 Å². The van der Waals surface area contributed by atoms with E-state index in [0.29, 0.717) is 23.0 Å². The lowest BCUT2D eigenvalue weighted by Gasteiger charge is -2.25. The van der Waals surface area contributed by atoms with E-state index in [1.807, 2.05) is 42.8 Å². The Hall–Kier alpha value is -1.81. The maximum atomic E-state index is 12.3. The van der Waals surface area contributed by atoms with E-state index in [-0.39, 0.29) is 5.91 Å². The Balaban J connectivity index is 1.68. The minimum absolute atomic E-state index is 0.00477. The van der Waals surface area contributed by atoms with Crippen LogP contribution in [0.1, 0.15) is 46.6 Å². The number of nitrogens with zero attached hydrogens (tertiary/aromatic N) is 2. The fourth-order valence-corrected chi connectivity index (χ4v) is 2.98. The quantitative estimate of drug-likeness (QED) is 0.907. The van der Waals surface area contributed by atoms with E-state index < -0.39 is 0 Å². The van der Waals surface area contributed by atoms with Crippen LogP contribution in [0.15, 0.2) is 24.3 Å². The van der Waals surface area contributed by atoms with Gasteiger partial charge in [-0.1, -0.05) is 30.2 Å². The van der Waals surface area contributed by atoms with E-state index in [2.05, 4.69) is 10.4 Å². The van der Waals surface area contributed by atoms with E-state index in [1.54, 1.807) is 0 Å². The van der Waals surface area contributed by atoms with Gasteiger partial charge < -0.3 is 5.32 Å². The van der Waals surface area contributed by atoms with Gasteiger partial charge in [0, 0.05) is 12.1 Å². The molecule has 2 aromatic rings. The molecule has 0 atom stereocenters. The van der Waals surface area contributed by atoms with Crippen LogP contribution in [0.2, 0.25) is 5.02 Å². The molecule has 1 aliphatic carbocycles. The van der Waals surface area contributed by atoms with Crippen molar-refractivity contribution in [2.24, 2.45) is 5.92 Å². The summed E-state index contributed by atoms with van der Waals surface area (Å²) in [4.78, 5) is 12.3. The highest BCUT2D eigenvalue weighted by molar-refractivity contribution is 6.31. The fraction of sp³-hybridized carbons (Fsp3) is 0.444. The number of hydrogen-bond donors (Lipinski definition) is 1. The van der Waals surface area contributed by atoms with E-state index >= 15 is 0 Å². The lowest BCUT2D eigenvalue weighted by molar-refractivity contribution is 0.0939. The average Bonchev–Trinajstić information content (AvgIpc) is 2.73. The first-order valence-electron chi connectivity index (χ1n) is 8.11. The Morgan fingerprint density at radius 2 is 2.17 bits per heavy atom. The Morgan fingerprint density at radius 1 is 1.39 bits per heavy atom. The summed E-state index contributed by atoms with van der Waals surface area (Å²) in [5.41, 5.74) is 3.53. The molecule has 3 rings (SSSR count). The Bertz CT molecular complexity index is 719. The molecule has 0 aliphatic heterocycles. The van der Waals surface area contributed by atoms with Crippen LogP contribution in [0, 0.1) is 19.8 Å². The van der Waals surface area contributed by atoms with Gasteiger partial charge in [-0.2, -0.15) is 5.10 Å². The molecule has 1 aromatic carbocycles. The van der Waals surface area contributed by atoms with Gasteiger partial charge in [0.25, 0.3) is 5.91 Å². The van der Waals surface area contributed by atoms with E-state index in [0.717, 1.165) is 23.5 Å². The largest absolute Gasteiger partial charge is 0.352 e. The van der Waals surface area contributed by atoms with Gasteiger partial charge >= 0.3 is 0 Å². The van der Waals surface area contributed by atoms with Gasteiger partial charge in [-0.15, -0.1) is 0 Å². The number of aromatic nitrogens is 2. The number of aryl methyl sites for hydroxylation is 1. The molecule has 0 unspecified atom stereocenters. The fourth-order valence-electron chi connectivity index (χ4n) is 2.85. The predicted molar refractivity (Wildman–Crippen MR) is 91.9 cm³/mol. The summed E-state index contributed by atoms with van der Waals surface area (Å²) in [6.45, 7) is 5.26. The van der Waals surface area contributed by atoms with Crippen LogP contribution < -0.4 is 5.32 Å². The highest BCUT2D eigenvalue weighted by Crippen LogP contribution is 2.25. The maximum Gasteiger partial charge on any atom is 0.251 e. The second-order valence-electron chi connectivity index (χ2n) is 6.35. The zero-order valence-electron chi connectivity index (χ0n) is 13.6. The molecule has 0 spiro atoms. The molecule has 1 saturated carbocycles. The molecule has 1 fully saturated rings. The number of halogens is 1. The van der Waals surface area contributed by atoms with Crippen LogP contribution >= 0.6 is 11.6 Å². The molecule has 122 valence electrons. The lowest BCUT2D eigenvalue weighted by Crippen LogP contribution is -2.32. The van der Waals surface area contributed by atoms with Gasteiger partial charge in [0.15, 0.2) is 0 Å². The third-order valence-electron chi connectivity index (χ3n) is 4.59. The first-order valence-corrected chi connectivity index (χ1v) is 8.49. The molecular weight excluding hydrogens is 310 g/mol. The van der Waals surface area contributed by atoms with Gasteiger partial charge in [-0.05, 0) is 50.3 Å². The molecule has 5 heteroatoms. The van der Waals surface area contributed by atoms with Gasteiger partial charge in [0.1, 0.15) is 0 Å². The van der Waals surface area contributed by atoms with Gasteiger partial charge in [0.05, 0.1) is 23.0 Å². The maximum absolute atomic E-state index is 12.3. The van der Waals surface area contributed by atoms with E-state index in [9.17, 15) is 4.79 Å². The normalized spacial score (nSPS) is 14.6. The molecule has 1 amide bonds. The molecule has 23 heavy (non-hydrogen) atoms. The van der Waals surface area contributed by atoms with Crippen LogP contribution in [0.5, 0.6) is 0 Å². The average molecular weight is 332 g/mol. The third kappa shape index (κ3) is 3.58. The standard InChI is InChI=1S/C18H22ClN3O/c1-12-17(19)13(2)22(21-12)11-15-7-4-8-16(9-15)18(23)20-10-14-5-3-6-14/h4,7-9,14H,3,5-6,10-11H2,1-2H3,(H,20,23). The summed E-state index contributed by atoms with van der Waals surface area (Å²) in [6.07, 6.45) is 3.76. The topological polar surface area (TPSA) is 46.9 Å². The second kappa shape index (κ2) is 6.75. The molecular formula is C18H22ClN3O. The van der Waals surface area contributed by atoms with Gasteiger partial charge in [-0.3, -0.25) is 9.48 Å². The molecule has 1 aromatic heterocycles. The summed E-state index contributed by atoms with van der Waals surface area (Å²) in [5, 5.41) is 8.18. The zero-order chi connectivity index (χ0) is 16.4. The van der Waals surface area contributed by atoms with Gasteiger partial charge in [0.2, 0.25) is 0 Å². The monoisotopic (exact) mass is 331 g/mol. The van der Waals surface area contributed by atoms with Crippen molar-refractivity contribution >= 4 is 17.5 Å². The Labute approximate surface area is 141 Å². The van der Waals surface area contributed by atoms with Crippen molar-refractivity contribution < 1.29 is 4.79 Å². The minimum Gasteiger partial charge on any atom is -0.352 e. The summed E-state index contributed by atoms with van der Waals surface area (Å²) >= 11 is 6.19. The van der Waals surface area contributed by atoms with Crippen molar-refractivity contribution in [2.45, 2.75) is 39.7 Å². The SMILES string of the molecule is Cc1nn(Cc2cccc(C(=O)NCC3CCC3)c2)c(C)c1Cl. The first-order chi connectivity index (χ1) is 11.0. The molecule has 1 heterocycles. The number of amides is 1. The Morgan fingerprint density at radius 3 is 2.78 bits per heavy atom. The summed E-state index contributed by atoms with van der Waals surface area (Å²) in [7, 11) is 0. The molecule has 1 N–H and O–H groups in total. The minimum atomic E-state index is 0.00477. The number of rotatable bonds is 5. The lowest BCUT2D eigenvalue weighted by atomic mass is 9.85. The number of benzene rings is 1.